The Hall–Kier alpha value is -2.70. The van der Waals surface area contributed by atoms with E-state index in [-0.39, 0.29) is 28.8 Å². The van der Waals surface area contributed by atoms with Crippen LogP contribution in [0.4, 0.5) is 0 Å². The van der Waals surface area contributed by atoms with Crippen molar-refractivity contribution in [2.24, 2.45) is 0 Å². The number of carbonyl (C=O) groups excluding carboxylic acids is 1. The zero-order chi connectivity index (χ0) is 20.7. The van der Waals surface area contributed by atoms with Crippen molar-refractivity contribution < 1.29 is 30.8 Å². The molecule has 0 aliphatic rings. The highest BCUT2D eigenvalue weighted by Gasteiger charge is 2.18. The van der Waals surface area contributed by atoms with Crippen LogP contribution in [-0.2, 0) is 6.54 Å². The average Bonchev–Trinajstić information content (AvgIpc) is 3.37. The minimum atomic E-state index is 0. The molecule has 0 saturated heterocycles. The minimum Gasteiger partial charge on any atom is -1.00 e. The van der Waals surface area contributed by atoms with E-state index in [0.717, 1.165) is 26.4 Å². The van der Waals surface area contributed by atoms with Gasteiger partial charge >= 0.3 is 0 Å². The molecule has 2 aromatic heterocycles. The summed E-state index contributed by atoms with van der Waals surface area (Å²) in [6.07, 6.45) is 5.94. The number of imidazole rings is 1. The average molecular weight is 540 g/mol. The Balaban J connectivity index is 0.00000231. The molecule has 1 atom stereocenters. The lowest BCUT2D eigenvalue weighted by atomic mass is 10.0. The van der Waals surface area contributed by atoms with Crippen LogP contribution in [-0.4, -0.2) is 10.4 Å². The molecule has 0 fully saturated rings. The van der Waals surface area contributed by atoms with Gasteiger partial charge in [-0.3, -0.25) is 4.79 Å². The van der Waals surface area contributed by atoms with Gasteiger partial charge in [-0.05, 0) is 42.8 Å². The fourth-order valence-electron chi connectivity index (χ4n) is 3.80. The Kier molecular flexibility index (Phi) is 6.12. The summed E-state index contributed by atoms with van der Waals surface area (Å²) in [4.78, 5) is 12.6. The molecule has 0 bridgehead atoms. The van der Waals surface area contributed by atoms with Gasteiger partial charge in [-0.2, -0.15) is 0 Å². The molecule has 2 heterocycles. The molecule has 5 rings (SSSR count). The van der Waals surface area contributed by atoms with Crippen LogP contribution in [0.1, 0.15) is 28.9 Å². The maximum Gasteiger partial charge on any atom is 0.244 e. The van der Waals surface area contributed by atoms with Crippen molar-refractivity contribution in [1.82, 2.24) is 4.57 Å². The number of halogens is 2. The van der Waals surface area contributed by atoms with Gasteiger partial charge in [-0.15, -0.1) is 0 Å². The highest BCUT2D eigenvalue weighted by molar-refractivity contribution is 9.10. The number of ketones is 1. The van der Waals surface area contributed by atoms with E-state index in [2.05, 4.69) is 45.6 Å². The van der Waals surface area contributed by atoms with E-state index in [4.69, 9.17) is 4.42 Å². The van der Waals surface area contributed by atoms with E-state index in [9.17, 15) is 4.79 Å². The third-order valence-electron chi connectivity index (χ3n) is 5.53. The second-order valence-corrected chi connectivity index (χ2v) is 8.41. The van der Waals surface area contributed by atoms with Crippen molar-refractivity contribution in [2.45, 2.75) is 19.5 Å². The van der Waals surface area contributed by atoms with Crippen LogP contribution >= 0.6 is 15.9 Å². The summed E-state index contributed by atoms with van der Waals surface area (Å²) in [5, 5.41) is 2.25. The summed E-state index contributed by atoms with van der Waals surface area (Å²) in [7, 11) is 0. The zero-order valence-electron chi connectivity index (χ0n) is 16.8. The number of hydrogen-bond acceptors (Lipinski definition) is 2. The first-order valence-electron chi connectivity index (χ1n) is 9.85. The zero-order valence-corrected chi connectivity index (χ0v) is 20.0. The summed E-state index contributed by atoms with van der Waals surface area (Å²) >= 11 is 3.40. The predicted octanol–water partition coefficient (Wildman–Crippen LogP) is 2.93. The van der Waals surface area contributed by atoms with Gasteiger partial charge in [-0.1, -0.05) is 52.3 Å². The van der Waals surface area contributed by atoms with Crippen LogP contribution in [0.3, 0.4) is 0 Å². The molecule has 0 aliphatic carbocycles. The second-order valence-electron chi connectivity index (χ2n) is 7.49. The molecular weight excluding hydrogens is 520 g/mol. The number of para-hydroxylation sites is 1. The maximum absolute atomic E-state index is 12.6. The van der Waals surface area contributed by atoms with Crippen LogP contribution < -0.4 is 21.5 Å². The van der Waals surface area contributed by atoms with Crippen molar-refractivity contribution in [3.05, 3.63) is 101 Å². The van der Waals surface area contributed by atoms with Gasteiger partial charge < -0.3 is 21.4 Å². The molecule has 6 heteroatoms. The van der Waals surface area contributed by atoms with Crippen molar-refractivity contribution in [2.75, 3.05) is 0 Å². The molecule has 0 radical (unpaired) electrons. The quantitative estimate of drug-likeness (QED) is 0.254. The Morgan fingerprint density at radius 2 is 1.77 bits per heavy atom. The number of nitrogens with zero attached hydrogens (tertiary/aromatic N) is 2. The van der Waals surface area contributed by atoms with Crippen molar-refractivity contribution >= 4 is 43.7 Å². The lowest BCUT2D eigenvalue weighted by Crippen LogP contribution is -3.00. The maximum atomic E-state index is 12.6. The van der Waals surface area contributed by atoms with Gasteiger partial charge in [0.25, 0.3) is 0 Å². The van der Waals surface area contributed by atoms with E-state index >= 15 is 0 Å². The number of furan rings is 1. The summed E-state index contributed by atoms with van der Waals surface area (Å²) in [6.45, 7) is 2.47. The van der Waals surface area contributed by atoms with Crippen molar-refractivity contribution in [1.29, 1.82) is 0 Å². The largest absolute Gasteiger partial charge is 1.00 e. The van der Waals surface area contributed by atoms with E-state index in [1.807, 2.05) is 71.8 Å². The summed E-state index contributed by atoms with van der Waals surface area (Å²) in [5.41, 5.74) is 3.71. The fraction of sp³-hybridized carbons (Fsp3) is 0.120. The Bertz CT molecular complexity index is 1370. The first-order chi connectivity index (χ1) is 14.6. The Morgan fingerprint density at radius 3 is 2.58 bits per heavy atom. The van der Waals surface area contributed by atoms with Crippen molar-refractivity contribution in [3.63, 3.8) is 0 Å². The Morgan fingerprint density at radius 1 is 1.03 bits per heavy atom. The third-order valence-corrected chi connectivity index (χ3v) is 6.06. The monoisotopic (exact) mass is 538 g/mol. The predicted molar refractivity (Wildman–Crippen MR) is 121 cm³/mol. The number of rotatable bonds is 5. The number of aromatic nitrogens is 2. The first kappa shape index (κ1) is 21.5. The topological polar surface area (TPSA) is 39.0 Å². The number of benzene rings is 3. The van der Waals surface area contributed by atoms with E-state index in [1.165, 1.54) is 5.56 Å². The summed E-state index contributed by atoms with van der Waals surface area (Å²) in [5.74, 6) is 0.0872. The molecule has 0 spiro atoms. The normalized spacial score (nSPS) is 12.1. The smallest absolute Gasteiger partial charge is 0.244 e. The molecule has 3 aromatic carbocycles. The molecule has 0 N–H and O–H groups in total. The summed E-state index contributed by atoms with van der Waals surface area (Å²) < 4.78 is 11.0. The highest BCUT2D eigenvalue weighted by Crippen LogP contribution is 2.31. The third kappa shape index (κ3) is 4.23. The van der Waals surface area contributed by atoms with E-state index in [0.29, 0.717) is 12.1 Å². The van der Waals surface area contributed by atoms with Gasteiger partial charge in [0.15, 0.2) is 6.54 Å². The van der Waals surface area contributed by atoms with Gasteiger partial charge in [-0.25, -0.2) is 9.13 Å². The molecule has 0 saturated carbocycles. The van der Waals surface area contributed by atoms with Gasteiger partial charge in [0.05, 0.1) is 0 Å². The van der Waals surface area contributed by atoms with Crippen LogP contribution in [0, 0.1) is 0 Å². The van der Waals surface area contributed by atoms with Gasteiger partial charge in [0.2, 0.25) is 12.1 Å². The highest BCUT2D eigenvalue weighted by atomic mass is 79.9. The standard InChI is InChI=1S/C25H20BrN2O2.BrH/c1-17(19-8-11-25-22(14-19)21-4-2-3-5-24(21)30-25)28-13-12-27(16-28)15-23(29)18-6-9-20(26)10-7-18;/h2-14,16-17H,15H2,1H3;1H/q+1;/p-1. The van der Waals surface area contributed by atoms with E-state index < -0.39 is 0 Å². The van der Waals surface area contributed by atoms with Crippen LogP contribution in [0.5, 0.6) is 0 Å². The molecule has 156 valence electrons. The SMILES string of the molecule is CC(c1ccc2oc3ccccc3c2c1)n1cc[n+](CC(=O)c2ccc(Br)cc2)c1.[Br-]. The lowest BCUT2D eigenvalue weighted by Gasteiger charge is -2.08. The molecule has 31 heavy (non-hydrogen) atoms. The Labute approximate surface area is 199 Å². The summed E-state index contributed by atoms with van der Waals surface area (Å²) in [6, 6.07) is 22.0. The lowest BCUT2D eigenvalue weighted by molar-refractivity contribution is -0.682. The van der Waals surface area contributed by atoms with E-state index in [1.54, 1.807) is 0 Å². The fourth-order valence-corrected chi connectivity index (χ4v) is 4.07. The van der Waals surface area contributed by atoms with Crippen molar-refractivity contribution in [3.8, 4) is 0 Å². The number of fused-ring (bicyclic) bond motifs is 3. The molecule has 0 aliphatic heterocycles. The number of carbonyl (C=O) groups is 1. The molecule has 4 nitrogen and oxygen atoms in total. The molecular formula is C25H20Br2N2O2. The van der Waals surface area contributed by atoms with Crippen LogP contribution in [0.2, 0.25) is 0 Å². The second kappa shape index (κ2) is 8.81. The molecule has 1 unspecified atom stereocenters. The van der Waals surface area contributed by atoms with Gasteiger partial charge in [0.1, 0.15) is 29.6 Å². The van der Waals surface area contributed by atoms with Crippen LogP contribution in [0.15, 0.2) is 94.3 Å². The number of Topliss-reactive ketones (excluding diaryl/α,β-unsaturated/α-hetero) is 1. The number of hydrogen-bond donors (Lipinski definition) is 0. The minimum absolute atomic E-state index is 0. The van der Waals surface area contributed by atoms with Gasteiger partial charge in [0, 0.05) is 20.8 Å². The van der Waals surface area contributed by atoms with Crippen LogP contribution in [0.25, 0.3) is 21.9 Å². The first-order valence-corrected chi connectivity index (χ1v) is 10.6. The molecule has 0 amide bonds. The molecule has 5 aromatic rings.